The number of aldehydes is 1. The van der Waals surface area contributed by atoms with E-state index in [0.29, 0.717) is 19.3 Å². The molecule has 0 saturated carbocycles. The van der Waals surface area contributed by atoms with Gasteiger partial charge in [-0.25, -0.2) is 4.79 Å². The second-order valence-electron chi connectivity index (χ2n) is 5.64. The number of rotatable bonds is 2. The number of carbonyl (C=O) groups is 3. The van der Waals surface area contributed by atoms with Crippen LogP contribution in [0.3, 0.4) is 0 Å². The van der Waals surface area contributed by atoms with E-state index in [1.54, 1.807) is 20.8 Å². The number of likely N-dealkylation sites (tertiary alicyclic amines) is 1. The van der Waals surface area contributed by atoms with Gasteiger partial charge < -0.3 is 19.2 Å². The van der Waals surface area contributed by atoms with E-state index in [1.807, 2.05) is 0 Å². The summed E-state index contributed by atoms with van der Waals surface area (Å²) in [6.45, 7) is 5.92. The summed E-state index contributed by atoms with van der Waals surface area (Å²) in [6, 6.07) is 0. The first kappa shape index (κ1) is 15.5. The van der Waals surface area contributed by atoms with E-state index in [4.69, 9.17) is 4.74 Å². The Morgan fingerprint density at radius 2 is 1.95 bits per heavy atom. The van der Waals surface area contributed by atoms with Crippen molar-refractivity contribution in [3.63, 3.8) is 0 Å². The Balaban J connectivity index is 2.66. The van der Waals surface area contributed by atoms with Crippen molar-refractivity contribution in [2.45, 2.75) is 32.8 Å². The average Bonchev–Trinajstić information content (AvgIpc) is 2.35. The largest absolute Gasteiger partial charge is 0.469 e. The van der Waals surface area contributed by atoms with Gasteiger partial charge in [0.05, 0.1) is 13.0 Å². The van der Waals surface area contributed by atoms with Crippen molar-refractivity contribution in [3.8, 4) is 0 Å². The van der Waals surface area contributed by atoms with Gasteiger partial charge in [-0.05, 0) is 27.2 Å². The van der Waals surface area contributed by atoms with Gasteiger partial charge in [-0.3, -0.25) is 4.79 Å². The van der Waals surface area contributed by atoms with Crippen LogP contribution in [0.4, 0.5) is 4.79 Å². The summed E-state index contributed by atoms with van der Waals surface area (Å²) in [5, 5.41) is 0. The van der Waals surface area contributed by atoms with E-state index in [9.17, 15) is 14.4 Å². The summed E-state index contributed by atoms with van der Waals surface area (Å²) in [5.41, 5.74) is -0.576. The standard InChI is InChI=1S/C13H21NO5/c1-13(2,3)19-12(17)14-6-5-10(11(16)18-4)9(7-14)8-15/h8-10H,5-7H2,1-4H3. The van der Waals surface area contributed by atoms with E-state index >= 15 is 0 Å². The molecule has 6 heteroatoms. The van der Waals surface area contributed by atoms with E-state index in [-0.39, 0.29) is 6.54 Å². The summed E-state index contributed by atoms with van der Waals surface area (Å²) >= 11 is 0. The van der Waals surface area contributed by atoms with Crippen molar-refractivity contribution in [2.24, 2.45) is 11.8 Å². The molecule has 1 saturated heterocycles. The number of nitrogens with zero attached hydrogens (tertiary/aromatic N) is 1. The van der Waals surface area contributed by atoms with Crippen molar-refractivity contribution in [2.75, 3.05) is 20.2 Å². The Morgan fingerprint density at radius 1 is 1.32 bits per heavy atom. The zero-order valence-corrected chi connectivity index (χ0v) is 11.8. The lowest BCUT2D eigenvalue weighted by atomic mass is 9.87. The maximum absolute atomic E-state index is 11.9. The van der Waals surface area contributed by atoms with E-state index in [1.165, 1.54) is 12.0 Å². The van der Waals surface area contributed by atoms with Crippen LogP contribution in [-0.4, -0.2) is 49.0 Å². The van der Waals surface area contributed by atoms with Gasteiger partial charge in [-0.15, -0.1) is 0 Å². The van der Waals surface area contributed by atoms with Crippen molar-refractivity contribution in [1.82, 2.24) is 4.90 Å². The summed E-state index contributed by atoms with van der Waals surface area (Å²) in [6.07, 6.45) is 0.663. The van der Waals surface area contributed by atoms with Crippen LogP contribution >= 0.6 is 0 Å². The van der Waals surface area contributed by atoms with Gasteiger partial charge in [0, 0.05) is 19.0 Å². The average molecular weight is 271 g/mol. The molecule has 1 rings (SSSR count). The quantitative estimate of drug-likeness (QED) is 0.558. The highest BCUT2D eigenvalue weighted by molar-refractivity contribution is 5.78. The van der Waals surface area contributed by atoms with Gasteiger partial charge in [0.1, 0.15) is 11.9 Å². The number of amides is 1. The first-order valence-corrected chi connectivity index (χ1v) is 6.29. The normalized spacial score (nSPS) is 23.7. The molecule has 0 aromatic heterocycles. The summed E-state index contributed by atoms with van der Waals surface area (Å²) in [4.78, 5) is 35.9. The van der Waals surface area contributed by atoms with Crippen LogP contribution in [0, 0.1) is 11.8 Å². The van der Waals surface area contributed by atoms with E-state index in [0.717, 1.165) is 0 Å². The van der Waals surface area contributed by atoms with Crippen molar-refractivity contribution in [3.05, 3.63) is 0 Å². The van der Waals surface area contributed by atoms with Crippen molar-refractivity contribution >= 4 is 18.3 Å². The van der Waals surface area contributed by atoms with Crippen LogP contribution in [0.25, 0.3) is 0 Å². The number of esters is 1. The molecule has 1 fully saturated rings. The van der Waals surface area contributed by atoms with Crippen LogP contribution in [-0.2, 0) is 19.1 Å². The molecule has 0 radical (unpaired) electrons. The van der Waals surface area contributed by atoms with Crippen LogP contribution in [0.1, 0.15) is 27.2 Å². The predicted molar refractivity (Wildman–Crippen MR) is 67.5 cm³/mol. The zero-order chi connectivity index (χ0) is 14.6. The molecule has 2 unspecified atom stereocenters. The summed E-state index contributed by atoms with van der Waals surface area (Å²) in [5.74, 6) is -1.41. The smallest absolute Gasteiger partial charge is 0.410 e. The summed E-state index contributed by atoms with van der Waals surface area (Å²) < 4.78 is 9.91. The predicted octanol–water partition coefficient (Wildman–Crippen LogP) is 1.23. The SMILES string of the molecule is COC(=O)C1CCN(C(=O)OC(C)(C)C)CC1C=O. The highest BCUT2D eigenvalue weighted by atomic mass is 16.6. The molecule has 0 aliphatic carbocycles. The van der Waals surface area contributed by atoms with Crippen molar-refractivity contribution < 1.29 is 23.9 Å². The minimum Gasteiger partial charge on any atom is -0.469 e. The molecule has 19 heavy (non-hydrogen) atoms. The monoisotopic (exact) mass is 271 g/mol. The highest BCUT2D eigenvalue weighted by Gasteiger charge is 2.37. The Bertz CT molecular complexity index is 361. The first-order chi connectivity index (χ1) is 8.78. The third-order valence-electron chi connectivity index (χ3n) is 2.99. The minimum absolute atomic E-state index is 0.193. The zero-order valence-electron chi connectivity index (χ0n) is 11.8. The van der Waals surface area contributed by atoms with Gasteiger partial charge in [-0.2, -0.15) is 0 Å². The topological polar surface area (TPSA) is 72.9 Å². The third kappa shape index (κ3) is 4.22. The Morgan fingerprint density at radius 3 is 2.42 bits per heavy atom. The molecule has 0 aromatic carbocycles. The second-order valence-corrected chi connectivity index (χ2v) is 5.64. The van der Waals surface area contributed by atoms with E-state index < -0.39 is 29.5 Å². The van der Waals surface area contributed by atoms with Gasteiger partial charge in [0.15, 0.2) is 0 Å². The number of methoxy groups -OCH3 is 1. The lowest BCUT2D eigenvalue weighted by Gasteiger charge is -2.35. The molecule has 6 nitrogen and oxygen atoms in total. The second kappa shape index (κ2) is 6.04. The molecular formula is C13H21NO5. The molecule has 108 valence electrons. The van der Waals surface area contributed by atoms with Crippen LogP contribution in [0.2, 0.25) is 0 Å². The molecule has 0 N–H and O–H groups in total. The minimum atomic E-state index is -0.576. The number of ether oxygens (including phenoxy) is 2. The first-order valence-electron chi connectivity index (χ1n) is 6.29. The van der Waals surface area contributed by atoms with Crippen molar-refractivity contribution in [1.29, 1.82) is 0 Å². The third-order valence-corrected chi connectivity index (χ3v) is 2.99. The molecule has 0 aromatic rings. The molecule has 1 amide bonds. The fraction of sp³-hybridized carbons (Fsp3) is 0.769. The Hall–Kier alpha value is -1.59. The lowest BCUT2D eigenvalue weighted by molar-refractivity contribution is -0.150. The van der Waals surface area contributed by atoms with Crippen LogP contribution in [0.5, 0.6) is 0 Å². The maximum atomic E-state index is 11.9. The molecule has 0 spiro atoms. The molecule has 0 bridgehead atoms. The van der Waals surface area contributed by atoms with Gasteiger partial charge in [-0.1, -0.05) is 0 Å². The lowest BCUT2D eigenvalue weighted by Crippen LogP contribution is -2.48. The van der Waals surface area contributed by atoms with Gasteiger partial charge >= 0.3 is 12.1 Å². The van der Waals surface area contributed by atoms with Crippen LogP contribution < -0.4 is 0 Å². The fourth-order valence-electron chi connectivity index (χ4n) is 2.06. The number of hydrogen-bond donors (Lipinski definition) is 0. The van der Waals surface area contributed by atoms with Crippen LogP contribution in [0.15, 0.2) is 0 Å². The fourth-order valence-corrected chi connectivity index (χ4v) is 2.06. The Kier molecular flexibility index (Phi) is 4.91. The molecule has 2 atom stereocenters. The number of hydrogen-bond acceptors (Lipinski definition) is 5. The maximum Gasteiger partial charge on any atom is 0.410 e. The molecule has 1 aliphatic heterocycles. The summed E-state index contributed by atoms with van der Waals surface area (Å²) in [7, 11) is 1.30. The molecular weight excluding hydrogens is 250 g/mol. The Labute approximate surface area is 113 Å². The van der Waals surface area contributed by atoms with Gasteiger partial charge in [0.2, 0.25) is 0 Å². The highest BCUT2D eigenvalue weighted by Crippen LogP contribution is 2.24. The number of piperidine rings is 1. The number of carbonyl (C=O) groups excluding carboxylic acids is 3. The van der Waals surface area contributed by atoms with Gasteiger partial charge in [0.25, 0.3) is 0 Å². The molecule has 1 heterocycles. The van der Waals surface area contributed by atoms with E-state index in [2.05, 4.69) is 4.74 Å². The molecule has 1 aliphatic rings.